The van der Waals surface area contributed by atoms with Crippen molar-refractivity contribution in [1.82, 2.24) is 15.6 Å². The Bertz CT molecular complexity index is 1630. The summed E-state index contributed by atoms with van der Waals surface area (Å²) in [6.07, 6.45) is 1.99. The molecule has 3 N–H and O–H groups in total. The van der Waals surface area contributed by atoms with Crippen LogP contribution in [0, 0.1) is 17.1 Å². The first-order valence-electron chi connectivity index (χ1n) is 15.3. The average molecular weight is 638 g/mol. The second-order valence-electron chi connectivity index (χ2n) is 11.1. The number of hydrogen-bond donors (Lipinski definition) is 3. The van der Waals surface area contributed by atoms with Crippen LogP contribution < -0.4 is 20.7 Å². The third-order valence-electron chi connectivity index (χ3n) is 7.92. The van der Waals surface area contributed by atoms with Gasteiger partial charge in [0.25, 0.3) is 0 Å². The number of methoxy groups -OCH3 is 1. The molecule has 3 aromatic carbocycles. The second-order valence-corrected chi connectivity index (χ2v) is 11.1. The molecular formula is C36H36FN5O5. The number of rotatable bonds is 12. The zero-order chi connectivity index (χ0) is 33.0. The van der Waals surface area contributed by atoms with Crippen LogP contribution in [0.25, 0.3) is 0 Å². The van der Waals surface area contributed by atoms with E-state index < -0.39 is 29.8 Å². The number of carbonyl (C=O) groups is 2. The van der Waals surface area contributed by atoms with Gasteiger partial charge in [-0.05, 0) is 48.2 Å². The molecule has 0 aliphatic carbocycles. The van der Waals surface area contributed by atoms with Gasteiger partial charge in [0.1, 0.15) is 30.3 Å². The quantitative estimate of drug-likeness (QED) is 0.199. The van der Waals surface area contributed by atoms with E-state index in [0.717, 1.165) is 17.3 Å². The maximum Gasteiger partial charge on any atom is 0.407 e. The molecule has 10 nitrogen and oxygen atoms in total. The number of hydrogen-bond acceptors (Lipinski definition) is 8. The highest BCUT2D eigenvalue weighted by molar-refractivity contribution is 5.98. The van der Waals surface area contributed by atoms with Gasteiger partial charge in [0.05, 0.1) is 42.9 Å². The second kappa shape index (κ2) is 16.3. The van der Waals surface area contributed by atoms with Gasteiger partial charge in [-0.3, -0.25) is 9.78 Å². The molecule has 11 heteroatoms. The zero-order valence-electron chi connectivity index (χ0n) is 25.9. The Morgan fingerprint density at radius 3 is 2.30 bits per heavy atom. The van der Waals surface area contributed by atoms with E-state index in [1.807, 2.05) is 60.7 Å². The van der Waals surface area contributed by atoms with Crippen LogP contribution in [-0.4, -0.2) is 62.0 Å². The molecule has 1 aromatic heterocycles. The first kappa shape index (κ1) is 33.1. The van der Waals surface area contributed by atoms with E-state index in [1.54, 1.807) is 24.3 Å². The maximum absolute atomic E-state index is 15.2. The van der Waals surface area contributed by atoms with Crippen LogP contribution in [-0.2, 0) is 20.7 Å². The summed E-state index contributed by atoms with van der Waals surface area (Å²) in [5, 5.41) is 17.9. The molecule has 0 saturated carbocycles. The highest BCUT2D eigenvalue weighted by Crippen LogP contribution is 2.30. The van der Waals surface area contributed by atoms with Crippen LogP contribution in [0.4, 0.5) is 14.9 Å². The topological polar surface area (TPSA) is 135 Å². The number of nitrogens with zero attached hydrogens (tertiary/aromatic N) is 2. The number of benzene rings is 3. The number of halogens is 1. The van der Waals surface area contributed by atoms with Crippen molar-refractivity contribution in [2.75, 3.05) is 32.1 Å². The molecular weight excluding hydrogens is 601 g/mol. The molecule has 2 heterocycles. The average Bonchev–Trinajstić information content (AvgIpc) is 3.11. The SMILES string of the molecule is COC(=O)N[C@H](C(=O)Nc1cncc(F)c1CC[C@@H]1CNC[C@@H](COc2ccc(C#N)cc2)O1)C(c1ccccc1)c1ccccc1. The van der Waals surface area contributed by atoms with Crippen molar-refractivity contribution < 1.29 is 28.2 Å². The number of nitrogens with one attached hydrogen (secondary N) is 3. The van der Waals surface area contributed by atoms with E-state index in [4.69, 9.17) is 19.5 Å². The molecule has 242 valence electrons. The lowest BCUT2D eigenvalue weighted by Gasteiger charge is -2.31. The van der Waals surface area contributed by atoms with Crippen molar-refractivity contribution in [2.24, 2.45) is 0 Å². The van der Waals surface area contributed by atoms with Gasteiger partial charge in [-0.15, -0.1) is 0 Å². The summed E-state index contributed by atoms with van der Waals surface area (Å²) in [5.74, 6) is -1.06. The summed E-state index contributed by atoms with van der Waals surface area (Å²) in [6.45, 7) is 1.47. The van der Waals surface area contributed by atoms with Crippen LogP contribution in [0.1, 0.15) is 34.6 Å². The van der Waals surface area contributed by atoms with Crippen LogP contribution in [0.2, 0.25) is 0 Å². The van der Waals surface area contributed by atoms with Crippen molar-refractivity contribution in [3.8, 4) is 11.8 Å². The Kier molecular flexibility index (Phi) is 11.5. The largest absolute Gasteiger partial charge is 0.491 e. The molecule has 3 atom stereocenters. The monoisotopic (exact) mass is 637 g/mol. The van der Waals surface area contributed by atoms with Gasteiger partial charge in [0, 0.05) is 24.6 Å². The minimum absolute atomic E-state index is 0.205. The molecule has 0 bridgehead atoms. The summed E-state index contributed by atoms with van der Waals surface area (Å²) in [7, 11) is 1.23. The summed E-state index contributed by atoms with van der Waals surface area (Å²) in [5.41, 5.74) is 2.63. The molecule has 2 amide bonds. The number of aromatic nitrogens is 1. The van der Waals surface area contributed by atoms with Crippen LogP contribution in [0.15, 0.2) is 97.3 Å². The Morgan fingerprint density at radius 2 is 1.66 bits per heavy atom. The number of morpholine rings is 1. The maximum atomic E-state index is 15.2. The highest BCUT2D eigenvalue weighted by atomic mass is 19.1. The van der Waals surface area contributed by atoms with E-state index in [-0.39, 0.29) is 29.9 Å². The van der Waals surface area contributed by atoms with Crippen molar-refractivity contribution in [3.05, 3.63) is 125 Å². The number of carbonyl (C=O) groups excluding carboxylic acids is 2. The molecule has 5 rings (SSSR count). The predicted octanol–water partition coefficient (Wildman–Crippen LogP) is 4.96. The molecule has 47 heavy (non-hydrogen) atoms. The van der Waals surface area contributed by atoms with Crippen molar-refractivity contribution in [1.29, 1.82) is 5.26 Å². The lowest BCUT2D eigenvalue weighted by molar-refractivity contribution is -0.118. The lowest BCUT2D eigenvalue weighted by atomic mass is 9.84. The lowest BCUT2D eigenvalue weighted by Crippen LogP contribution is -2.48. The van der Waals surface area contributed by atoms with Gasteiger partial charge >= 0.3 is 6.09 Å². The fourth-order valence-corrected chi connectivity index (χ4v) is 5.58. The third kappa shape index (κ3) is 8.91. The van der Waals surface area contributed by atoms with Crippen molar-refractivity contribution >= 4 is 17.7 Å². The zero-order valence-corrected chi connectivity index (χ0v) is 25.9. The summed E-state index contributed by atoms with van der Waals surface area (Å²) in [4.78, 5) is 30.5. The van der Waals surface area contributed by atoms with E-state index in [9.17, 15) is 9.59 Å². The minimum Gasteiger partial charge on any atom is -0.491 e. The number of ether oxygens (including phenoxy) is 3. The van der Waals surface area contributed by atoms with Crippen LogP contribution in [0.3, 0.4) is 0 Å². The Balaban J connectivity index is 1.29. The van der Waals surface area contributed by atoms with Gasteiger partial charge in [0.2, 0.25) is 5.91 Å². The predicted molar refractivity (Wildman–Crippen MR) is 173 cm³/mol. The highest BCUT2D eigenvalue weighted by Gasteiger charge is 2.33. The number of amides is 2. The third-order valence-corrected chi connectivity index (χ3v) is 7.92. The smallest absolute Gasteiger partial charge is 0.407 e. The van der Waals surface area contributed by atoms with Gasteiger partial charge in [0.15, 0.2) is 0 Å². The Labute approximate surface area is 272 Å². The molecule has 1 fully saturated rings. The van der Waals surface area contributed by atoms with E-state index in [2.05, 4.69) is 27.0 Å². The fraction of sp³-hybridized carbons (Fsp3) is 0.278. The van der Waals surface area contributed by atoms with Crippen LogP contribution in [0.5, 0.6) is 5.75 Å². The van der Waals surface area contributed by atoms with Gasteiger partial charge in [-0.2, -0.15) is 5.26 Å². The van der Waals surface area contributed by atoms with Gasteiger partial charge in [-0.1, -0.05) is 60.7 Å². The summed E-state index contributed by atoms with van der Waals surface area (Å²) < 4.78 is 32.2. The van der Waals surface area contributed by atoms with Crippen LogP contribution >= 0.6 is 0 Å². The minimum atomic E-state index is -1.11. The van der Waals surface area contributed by atoms with E-state index in [1.165, 1.54) is 13.3 Å². The Morgan fingerprint density at radius 1 is 1.00 bits per heavy atom. The first-order valence-corrected chi connectivity index (χ1v) is 15.3. The van der Waals surface area contributed by atoms with Crippen molar-refractivity contribution in [2.45, 2.75) is 37.0 Å². The van der Waals surface area contributed by atoms with Crippen molar-refractivity contribution in [3.63, 3.8) is 0 Å². The standard InChI is InChI=1S/C36H36FN5O5/c1-45-36(44)42-34(33(25-8-4-2-5-9-25)26-10-6-3-7-11-26)35(43)41-32-22-40-21-31(37)30(32)17-16-28-19-39-20-29(47-28)23-46-27-14-12-24(18-38)13-15-27/h2-15,21-22,28-29,33-34,39H,16-17,19-20,23H2,1H3,(H,41,43)(H,42,44)/t28-,29+,34+/m1/s1. The summed E-state index contributed by atoms with van der Waals surface area (Å²) >= 11 is 0. The molecule has 1 aliphatic heterocycles. The number of nitriles is 1. The van der Waals surface area contributed by atoms with E-state index >= 15 is 4.39 Å². The fourth-order valence-electron chi connectivity index (χ4n) is 5.58. The molecule has 0 unspecified atom stereocenters. The van der Waals surface area contributed by atoms with E-state index in [0.29, 0.717) is 37.4 Å². The molecule has 0 radical (unpaired) electrons. The molecule has 4 aromatic rings. The number of alkyl carbamates (subject to hydrolysis) is 1. The molecule has 0 spiro atoms. The molecule has 1 saturated heterocycles. The Hall–Kier alpha value is -5.31. The number of pyridine rings is 1. The normalized spacial score (nSPS) is 16.5. The number of anilines is 1. The van der Waals surface area contributed by atoms with Gasteiger partial charge in [-0.25, -0.2) is 9.18 Å². The van der Waals surface area contributed by atoms with Gasteiger partial charge < -0.3 is 30.2 Å². The summed E-state index contributed by atoms with van der Waals surface area (Å²) in [6, 6.07) is 26.5. The first-order chi connectivity index (χ1) is 22.9. The molecule has 1 aliphatic rings.